The number of hydrogen-bond acceptors (Lipinski definition) is 2. The van der Waals surface area contributed by atoms with Crippen LogP contribution in [0.4, 0.5) is 5.69 Å². The molecule has 84 valence electrons. The predicted molar refractivity (Wildman–Crippen MR) is 68.7 cm³/mol. The Morgan fingerprint density at radius 3 is 2.53 bits per heavy atom. The van der Waals surface area contributed by atoms with E-state index in [0.29, 0.717) is 11.3 Å². The van der Waals surface area contributed by atoms with Gasteiger partial charge in [-0.3, -0.25) is 9.79 Å². The van der Waals surface area contributed by atoms with Gasteiger partial charge in [-0.05, 0) is 23.8 Å². The highest BCUT2D eigenvalue weighted by Crippen LogP contribution is 2.13. The molecule has 0 aromatic heterocycles. The number of primary amides is 1. The highest BCUT2D eigenvalue weighted by molar-refractivity contribution is 5.93. The second-order valence-electron chi connectivity index (χ2n) is 3.58. The summed E-state index contributed by atoms with van der Waals surface area (Å²) >= 11 is 0. The minimum atomic E-state index is -0.443. The number of hydrogen-bond donors (Lipinski definition) is 1. The van der Waals surface area contributed by atoms with E-state index in [0.717, 1.165) is 5.56 Å². The Labute approximate surface area is 99.6 Å². The molecule has 2 rings (SSSR count). The summed E-state index contributed by atoms with van der Waals surface area (Å²) in [6.07, 6.45) is 1.75. The van der Waals surface area contributed by atoms with Gasteiger partial charge in [-0.15, -0.1) is 0 Å². The van der Waals surface area contributed by atoms with Crippen LogP contribution in [-0.4, -0.2) is 12.1 Å². The Morgan fingerprint density at radius 1 is 1.06 bits per heavy atom. The molecule has 0 unspecified atom stereocenters. The van der Waals surface area contributed by atoms with Crippen molar-refractivity contribution in [3.8, 4) is 0 Å². The molecule has 3 nitrogen and oxygen atoms in total. The Morgan fingerprint density at radius 2 is 1.82 bits per heavy atom. The maximum Gasteiger partial charge on any atom is 0.248 e. The zero-order valence-corrected chi connectivity index (χ0v) is 9.21. The van der Waals surface area contributed by atoms with Crippen LogP contribution in [0.5, 0.6) is 0 Å². The number of aliphatic imine (C=N–C) groups is 1. The maximum atomic E-state index is 11.0. The first-order valence-corrected chi connectivity index (χ1v) is 5.25. The van der Waals surface area contributed by atoms with Gasteiger partial charge in [0.1, 0.15) is 0 Å². The SMILES string of the molecule is NC(=O)c1cccc(N=Cc2ccccc2)c1. The first kappa shape index (κ1) is 11.1. The summed E-state index contributed by atoms with van der Waals surface area (Å²) in [5, 5.41) is 0. The second kappa shape index (κ2) is 5.07. The van der Waals surface area contributed by atoms with Crippen LogP contribution in [0.15, 0.2) is 59.6 Å². The van der Waals surface area contributed by atoms with E-state index in [1.54, 1.807) is 24.4 Å². The van der Waals surface area contributed by atoms with Gasteiger partial charge < -0.3 is 5.73 Å². The van der Waals surface area contributed by atoms with Crippen LogP contribution in [0, 0.1) is 0 Å². The van der Waals surface area contributed by atoms with E-state index in [1.807, 2.05) is 36.4 Å². The zero-order valence-electron chi connectivity index (χ0n) is 9.21. The molecule has 2 aromatic carbocycles. The summed E-state index contributed by atoms with van der Waals surface area (Å²) < 4.78 is 0. The Balaban J connectivity index is 2.22. The largest absolute Gasteiger partial charge is 0.366 e. The van der Waals surface area contributed by atoms with Crippen molar-refractivity contribution in [3.05, 3.63) is 65.7 Å². The second-order valence-corrected chi connectivity index (χ2v) is 3.58. The van der Waals surface area contributed by atoms with E-state index in [4.69, 9.17) is 5.73 Å². The molecule has 0 aliphatic carbocycles. The summed E-state index contributed by atoms with van der Waals surface area (Å²) in [7, 11) is 0. The minimum absolute atomic E-state index is 0.443. The molecule has 2 aromatic rings. The van der Waals surface area contributed by atoms with E-state index in [2.05, 4.69) is 4.99 Å². The summed E-state index contributed by atoms with van der Waals surface area (Å²) in [6, 6.07) is 16.7. The monoisotopic (exact) mass is 224 g/mol. The molecule has 0 saturated heterocycles. The third-order valence-electron chi connectivity index (χ3n) is 2.29. The van der Waals surface area contributed by atoms with Crippen LogP contribution in [-0.2, 0) is 0 Å². The average molecular weight is 224 g/mol. The molecule has 17 heavy (non-hydrogen) atoms. The Hall–Kier alpha value is -2.42. The van der Waals surface area contributed by atoms with Gasteiger partial charge in [-0.2, -0.15) is 0 Å². The first-order valence-electron chi connectivity index (χ1n) is 5.25. The molecule has 0 atom stereocenters. The van der Waals surface area contributed by atoms with Crippen molar-refractivity contribution in [1.29, 1.82) is 0 Å². The fraction of sp³-hybridized carbons (Fsp3) is 0. The van der Waals surface area contributed by atoms with Gasteiger partial charge in [0, 0.05) is 11.8 Å². The fourth-order valence-corrected chi connectivity index (χ4v) is 1.43. The van der Waals surface area contributed by atoms with Crippen LogP contribution in [0.1, 0.15) is 15.9 Å². The molecule has 0 saturated carbocycles. The van der Waals surface area contributed by atoms with Crippen molar-refractivity contribution < 1.29 is 4.79 Å². The molecule has 0 fully saturated rings. The molecule has 0 bridgehead atoms. The summed E-state index contributed by atoms with van der Waals surface area (Å²) in [5.74, 6) is -0.443. The lowest BCUT2D eigenvalue weighted by atomic mass is 10.2. The van der Waals surface area contributed by atoms with Crippen molar-refractivity contribution >= 4 is 17.8 Å². The van der Waals surface area contributed by atoms with Gasteiger partial charge in [0.2, 0.25) is 5.91 Å². The summed E-state index contributed by atoms with van der Waals surface area (Å²) in [4.78, 5) is 15.3. The van der Waals surface area contributed by atoms with Crippen molar-refractivity contribution in [3.63, 3.8) is 0 Å². The van der Waals surface area contributed by atoms with Gasteiger partial charge in [0.05, 0.1) is 5.69 Å². The number of nitrogens with two attached hydrogens (primary N) is 1. The lowest BCUT2D eigenvalue weighted by Crippen LogP contribution is -2.10. The van der Waals surface area contributed by atoms with Crippen molar-refractivity contribution in [2.24, 2.45) is 10.7 Å². The summed E-state index contributed by atoms with van der Waals surface area (Å²) in [5.41, 5.74) is 7.39. The standard InChI is InChI=1S/C14H12N2O/c15-14(17)12-7-4-8-13(9-12)16-10-11-5-2-1-3-6-11/h1-10H,(H2,15,17). The molecule has 0 radical (unpaired) electrons. The fourth-order valence-electron chi connectivity index (χ4n) is 1.43. The smallest absolute Gasteiger partial charge is 0.248 e. The number of carbonyl (C=O) groups excluding carboxylic acids is 1. The number of benzene rings is 2. The number of nitrogens with zero attached hydrogens (tertiary/aromatic N) is 1. The third kappa shape index (κ3) is 3.01. The van der Waals surface area contributed by atoms with E-state index in [1.165, 1.54) is 0 Å². The maximum absolute atomic E-state index is 11.0. The molecule has 1 amide bonds. The zero-order chi connectivity index (χ0) is 12.1. The van der Waals surface area contributed by atoms with Gasteiger partial charge in [-0.1, -0.05) is 36.4 Å². The molecular formula is C14H12N2O. The summed E-state index contributed by atoms with van der Waals surface area (Å²) in [6.45, 7) is 0. The minimum Gasteiger partial charge on any atom is -0.366 e. The van der Waals surface area contributed by atoms with Gasteiger partial charge in [-0.25, -0.2) is 0 Å². The number of amides is 1. The Bertz CT molecular complexity index is 547. The van der Waals surface area contributed by atoms with Gasteiger partial charge in [0.15, 0.2) is 0 Å². The molecular weight excluding hydrogens is 212 g/mol. The number of rotatable bonds is 3. The molecule has 2 N–H and O–H groups in total. The van der Waals surface area contributed by atoms with Gasteiger partial charge in [0.25, 0.3) is 0 Å². The van der Waals surface area contributed by atoms with Crippen LogP contribution in [0.2, 0.25) is 0 Å². The third-order valence-corrected chi connectivity index (χ3v) is 2.29. The molecule has 0 aliphatic rings. The van der Waals surface area contributed by atoms with Crippen molar-refractivity contribution in [2.45, 2.75) is 0 Å². The molecule has 0 heterocycles. The normalized spacial score (nSPS) is 10.6. The predicted octanol–water partition coefficient (Wildman–Crippen LogP) is 2.54. The topological polar surface area (TPSA) is 55.5 Å². The van der Waals surface area contributed by atoms with Crippen LogP contribution >= 0.6 is 0 Å². The van der Waals surface area contributed by atoms with E-state index in [9.17, 15) is 4.79 Å². The lowest BCUT2D eigenvalue weighted by molar-refractivity contribution is 0.100. The van der Waals surface area contributed by atoms with E-state index >= 15 is 0 Å². The van der Waals surface area contributed by atoms with Crippen LogP contribution in [0.25, 0.3) is 0 Å². The first-order chi connectivity index (χ1) is 8.25. The Kier molecular flexibility index (Phi) is 3.31. The van der Waals surface area contributed by atoms with Gasteiger partial charge >= 0.3 is 0 Å². The average Bonchev–Trinajstić information content (AvgIpc) is 2.38. The van der Waals surface area contributed by atoms with E-state index in [-0.39, 0.29) is 0 Å². The number of carbonyl (C=O) groups is 1. The lowest BCUT2D eigenvalue weighted by Gasteiger charge is -1.97. The van der Waals surface area contributed by atoms with Crippen molar-refractivity contribution in [1.82, 2.24) is 0 Å². The van der Waals surface area contributed by atoms with Crippen LogP contribution < -0.4 is 5.73 Å². The molecule has 0 aliphatic heterocycles. The van der Waals surface area contributed by atoms with E-state index < -0.39 is 5.91 Å². The van der Waals surface area contributed by atoms with Crippen molar-refractivity contribution in [2.75, 3.05) is 0 Å². The highest BCUT2D eigenvalue weighted by atomic mass is 16.1. The highest BCUT2D eigenvalue weighted by Gasteiger charge is 1.99. The van der Waals surface area contributed by atoms with Crippen LogP contribution in [0.3, 0.4) is 0 Å². The molecule has 3 heteroatoms. The quantitative estimate of drug-likeness (QED) is 0.800. The molecule has 0 spiro atoms.